The van der Waals surface area contributed by atoms with E-state index in [-0.39, 0.29) is 6.61 Å². The summed E-state index contributed by atoms with van der Waals surface area (Å²) < 4.78 is 4.90. The number of aliphatic carboxylic acids is 1. The van der Waals surface area contributed by atoms with E-state index in [1.165, 1.54) is 0 Å². The summed E-state index contributed by atoms with van der Waals surface area (Å²) in [4.78, 5) is 22.0. The number of hydrogen-bond acceptors (Lipinski definition) is 3. The number of hydrogen-bond donors (Lipinski definition) is 2. The number of alkyl carbamates (subject to hydrolysis) is 1. The first-order valence-corrected chi connectivity index (χ1v) is 5.33. The maximum absolute atomic E-state index is 11.3. The van der Waals surface area contributed by atoms with Gasteiger partial charge in [0.2, 0.25) is 0 Å². The fourth-order valence-electron chi connectivity index (χ4n) is 1.25. The summed E-state index contributed by atoms with van der Waals surface area (Å²) in [6.45, 7) is 1.80. The van der Waals surface area contributed by atoms with Crippen LogP contribution in [0.25, 0.3) is 0 Å². The minimum atomic E-state index is -1.07. The van der Waals surface area contributed by atoms with E-state index in [4.69, 9.17) is 9.84 Å². The highest BCUT2D eigenvalue weighted by Crippen LogP contribution is 2.01. The number of rotatable bonds is 5. The van der Waals surface area contributed by atoms with Gasteiger partial charge in [-0.2, -0.15) is 0 Å². The predicted octanol–water partition coefficient (Wildman–Crippen LogP) is 1.78. The first kappa shape index (κ1) is 13.0. The lowest BCUT2D eigenvalue weighted by molar-refractivity contribution is -0.139. The van der Waals surface area contributed by atoms with Crippen molar-refractivity contribution in [1.82, 2.24) is 5.32 Å². The molecule has 1 aromatic rings. The van der Waals surface area contributed by atoms with Crippen molar-refractivity contribution in [3.05, 3.63) is 35.9 Å². The van der Waals surface area contributed by atoms with Crippen LogP contribution in [0.2, 0.25) is 0 Å². The van der Waals surface area contributed by atoms with Gasteiger partial charge in [-0.25, -0.2) is 9.59 Å². The average molecular weight is 237 g/mol. The van der Waals surface area contributed by atoms with Gasteiger partial charge >= 0.3 is 12.1 Å². The number of carbonyl (C=O) groups is 2. The quantitative estimate of drug-likeness (QED) is 0.818. The van der Waals surface area contributed by atoms with Crippen LogP contribution in [-0.2, 0) is 16.1 Å². The third-order valence-electron chi connectivity index (χ3n) is 2.21. The van der Waals surface area contributed by atoms with Gasteiger partial charge in [-0.15, -0.1) is 0 Å². The summed E-state index contributed by atoms with van der Waals surface area (Å²) in [5.41, 5.74) is 0.853. The second-order valence-electron chi connectivity index (χ2n) is 3.51. The van der Waals surface area contributed by atoms with Crippen molar-refractivity contribution in [3.8, 4) is 0 Å². The van der Waals surface area contributed by atoms with E-state index in [9.17, 15) is 9.59 Å². The normalized spacial score (nSPS) is 11.6. The second kappa shape index (κ2) is 6.52. The third-order valence-corrected chi connectivity index (χ3v) is 2.21. The van der Waals surface area contributed by atoms with Crippen LogP contribution in [-0.4, -0.2) is 23.2 Å². The number of carbonyl (C=O) groups excluding carboxylic acids is 1. The van der Waals surface area contributed by atoms with Crippen LogP contribution in [0.5, 0.6) is 0 Å². The molecule has 0 aliphatic carbocycles. The summed E-state index contributed by atoms with van der Waals surface area (Å²) in [6, 6.07) is 8.27. The Morgan fingerprint density at radius 3 is 2.53 bits per heavy atom. The van der Waals surface area contributed by atoms with Crippen molar-refractivity contribution in [3.63, 3.8) is 0 Å². The Kier molecular flexibility index (Phi) is 5.00. The molecule has 1 aromatic carbocycles. The lowest BCUT2D eigenvalue weighted by atomic mass is 10.2. The van der Waals surface area contributed by atoms with Gasteiger partial charge in [-0.1, -0.05) is 37.3 Å². The molecule has 0 fully saturated rings. The van der Waals surface area contributed by atoms with E-state index >= 15 is 0 Å². The first-order valence-electron chi connectivity index (χ1n) is 5.33. The molecule has 5 heteroatoms. The van der Waals surface area contributed by atoms with E-state index in [1.807, 2.05) is 30.3 Å². The van der Waals surface area contributed by atoms with Crippen molar-refractivity contribution in [2.75, 3.05) is 0 Å². The summed E-state index contributed by atoms with van der Waals surface area (Å²) >= 11 is 0. The zero-order chi connectivity index (χ0) is 12.7. The van der Waals surface area contributed by atoms with Crippen molar-refractivity contribution < 1.29 is 19.4 Å². The molecule has 0 radical (unpaired) electrons. The van der Waals surface area contributed by atoms with Gasteiger partial charge in [0.05, 0.1) is 0 Å². The predicted molar refractivity (Wildman–Crippen MR) is 61.5 cm³/mol. The second-order valence-corrected chi connectivity index (χ2v) is 3.51. The lowest BCUT2D eigenvalue weighted by Gasteiger charge is -2.12. The Balaban J connectivity index is 2.37. The molecule has 0 bridgehead atoms. The van der Waals surface area contributed by atoms with Crippen LogP contribution in [0.15, 0.2) is 30.3 Å². The minimum absolute atomic E-state index is 0.128. The molecule has 0 heterocycles. The standard InChI is InChI=1S/C12H15NO4/c1-2-10(11(14)15)13-12(16)17-8-9-6-4-3-5-7-9/h3-7,10H,2,8H2,1H3,(H,13,16)(H,14,15). The van der Waals surface area contributed by atoms with Crippen LogP contribution in [0.4, 0.5) is 4.79 Å². The number of benzene rings is 1. The Morgan fingerprint density at radius 1 is 1.35 bits per heavy atom. The van der Waals surface area contributed by atoms with Gasteiger partial charge in [-0.05, 0) is 12.0 Å². The van der Waals surface area contributed by atoms with Gasteiger partial charge < -0.3 is 15.2 Å². The highest BCUT2D eigenvalue weighted by Gasteiger charge is 2.17. The monoisotopic (exact) mass is 237 g/mol. The minimum Gasteiger partial charge on any atom is -0.480 e. The molecule has 0 aliphatic rings. The molecule has 0 saturated carbocycles. The molecular formula is C12H15NO4. The van der Waals surface area contributed by atoms with Crippen LogP contribution in [0.1, 0.15) is 18.9 Å². The summed E-state index contributed by atoms with van der Waals surface area (Å²) in [5.74, 6) is -1.07. The number of nitrogens with one attached hydrogen (secondary N) is 1. The molecule has 1 atom stereocenters. The molecular weight excluding hydrogens is 222 g/mol. The Morgan fingerprint density at radius 2 is 2.00 bits per heavy atom. The molecule has 0 saturated heterocycles. The van der Waals surface area contributed by atoms with Crippen LogP contribution in [0, 0.1) is 0 Å². The number of ether oxygens (including phenoxy) is 1. The molecule has 92 valence electrons. The maximum Gasteiger partial charge on any atom is 0.408 e. The number of carboxylic acid groups (broad SMARTS) is 1. The summed E-state index contributed by atoms with van der Waals surface area (Å²) in [7, 11) is 0. The Labute approximate surface area is 99.4 Å². The zero-order valence-electron chi connectivity index (χ0n) is 9.55. The average Bonchev–Trinajstić information content (AvgIpc) is 2.34. The molecule has 2 N–H and O–H groups in total. The number of amides is 1. The van der Waals surface area contributed by atoms with Crippen molar-refractivity contribution >= 4 is 12.1 Å². The molecule has 5 nitrogen and oxygen atoms in total. The topological polar surface area (TPSA) is 75.6 Å². The Bertz CT molecular complexity index is 377. The molecule has 17 heavy (non-hydrogen) atoms. The van der Waals surface area contributed by atoms with Crippen LogP contribution < -0.4 is 5.32 Å². The molecule has 1 amide bonds. The largest absolute Gasteiger partial charge is 0.480 e. The van der Waals surface area contributed by atoms with E-state index in [2.05, 4.69) is 5.32 Å². The third kappa shape index (κ3) is 4.55. The van der Waals surface area contributed by atoms with E-state index in [0.29, 0.717) is 6.42 Å². The zero-order valence-corrected chi connectivity index (χ0v) is 9.55. The van der Waals surface area contributed by atoms with Crippen molar-refractivity contribution in [2.24, 2.45) is 0 Å². The smallest absolute Gasteiger partial charge is 0.408 e. The van der Waals surface area contributed by atoms with Crippen LogP contribution >= 0.6 is 0 Å². The first-order chi connectivity index (χ1) is 8.13. The van der Waals surface area contributed by atoms with Crippen LogP contribution in [0.3, 0.4) is 0 Å². The fraction of sp³-hybridized carbons (Fsp3) is 0.333. The highest BCUT2D eigenvalue weighted by atomic mass is 16.5. The van der Waals surface area contributed by atoms with Gasteiger partial charge in [0.1, 0.15) is 12.6 Å². The van der Waals surface area contributed by atoms with Gasteiger partial charge in [-0.3, -0.25) is 0 Å². The fourth-order valence-corrected chi connectivity index (χ4v) is 1.25. The molecule has 1 rings (SSSR count). The molecule has 0 aromatic heterocycles. The van der Waals surface area contributed by atoms with E-state index in [0.717, 1.165) is 5.56 Å². The van der Waals surface area contributed by atoms with Gasteiger partial charge in [0.25, 0.3) is 0 Å². The van der Waals surface area contributed by atoms with Crippen molar-refractivity contribution in [2.45, 2.75) is 26.0 Å². The Hall–Kier alpha value is -2.04. The van der Waals surface area contributed by atoms with E-state index in [1.54, 1.807) is 6.92 Å². The van der Waals surface area contributed by atoms with Crippen molar-refractivity contribution in [1.29, 1.82) is 0 Å². The summed E-state index contributed by atoms with van der Waals surface area (Å²) in [6.07, 6.45) is -0.404. The SMILES string of the molecule is CCC(NC(=O)OCc1ccccc1)C(=O)O. The molecule has 0 aliphatic heterocycles. The van der Waals surface area contributed by atoms with E-state index < -0.39 is 18.1 Å². The molecule has 0 spiro atoms. The number of carboxylic acids is 1. The summed E-state index contributed by atoms with van der Waals surface area (Å²) in [5, 5.41) is 11.0. The molecule has 1 unspecified atom stereocenters. The lowest BCUT2D eigenvalue weighted by Crippen LogP contribution is -2.40. The van der Waals surface area contributed by atoms with Gasteiger partial charge in [0, 0.05) is 0 Å². The maximum atomic E-state index is 11.3. The highest BCUT2D eigenvalue weighted by molar-refractivity contribution is 5.79. The van der Waals surface area contributed by atoms with Gasteiger partial charge in [0.15, 0.2) is 0 Å².